The molecule has 21 heteroatoms. The van der Waals surface area contributed by atoms with Gasteiger partial charge in [0.25, 0.3) is 17.6 Å². The topological polar surface area (TPSA) is 207 Å². The largest absolute Gasteiger partial charge is 0.490 e. The second kappa shape index (κ2) is 19.4. The summed E-state index contributed by atoms with van der Waals surface area (Å²) in [5.74, 6) is -1.48. The number of nitrogens with two attached hydrogens (primary N) is 1. The summed E-state index contributed by atoms with van der Waals surface area (Å²) in [7, 11) is 4.10. The van der Waals surface area contributed by atoms with E-state index in [9.17, 15) is 27.6 Å². The molecule has 2 aromatic heterocycles. The third kappa shape index (κ3) is 11.4. The van der Waals surface area contributed by atoms with Crippen molar-refractivity contribution in [1.29, 1.82) is 0 Å². The van der Waals surface area contributed by atoms with E-state index < -0.39 is 35.5 Å². The summed E-state index contributed by atoms with van der Waals surface area (Å²) in [5.41, 5.74) is 12.2. The van der Waals surface area contributed by atoms with Gasteiger partial charge in [-0.2, -0.15) is 22.5 Å². The van der Waals surface area contributed by atoms with Crippen LogP contribution in [0.15, 0.2) is 47.1 Å². The maximum atomic E-state index is 13.2. The Morgan fingerprint density at radius 3 is 2.45 bits per heavy atom. The van der Waals surface area contributed by atoms with Gasteiger partial charge in [-0.05, 0) is 49.6 Å². The first-order chi connectivity index (χ1) is 25.1. The highest BCUT2D eigenvalue weighted by Gasteiger charge is 2.57. The molecule has 7 N–H and O–H groups in total. The quantitative estimate of drug-likeness (QED) is 0.0314. The van der Waals surface area contributed by atoms with Crippen molar-refractivity contribution in [3.63, 3.8) is 0 Å². The summed E-state index contributed by atoms with van der Waals surface area (Å²) in [5, 5.41) is 13.1. The molecule has 1 fully saturated rings. The number of thiazole rings is 1. The summed E-state index contributed by atoms with van der Waals surface area (Å²) in [6.45, 7) is 7.43. The molecule has 2 amide bonds. The van der Waals surface area contributed by atoms with Crippen LogP contribution < -0.4 is 31.4 Å². The molecule has 3 aromatic rings. The minimum atomic E-state index is -4.85. The molecular weight excluding hydrogens is 746 g/mol. The average Bonchev–Trinajstić information content (AvgIpc) is 3.56. The molecule has 1 unspecified atom stereocenters. The molecule has 0 saturated carbocycles. The molecule has 1 saturated heterocycles. The fourth-order valence-corrected chi connectivity index (χ4v) is 5.69. The first kappa shape index (κ1) is 42.7. The summed E-state index contributed by atoms with van der Waals surface area (Å²) in [6.07, 6.45) is -1.99. The van der Waals surface area contributed by atoms with Crippen molar-refractivity contribution in [1.82, 2.24) is 15.4 Å². The van der Waals surface area contributed by atoms with Gasteiger partial charge in [-0.15, -0.1) is 11.3 Å². The summed E-state index contributed by atoms with van der Waals surface area (Å²) >= 11 is 1.81. The molecule has 290 valence electrons. The number of nitrogen functional groups attached to an aromatic ring is 1. The Bertz CT molecular complexity index is 1760. The number of rotatable bonds is 16. The number of carbonyl (C=O) groups excluding carboxylic acids is 3. The lowest BCUT2D eigenvalue weighted by Crippen LogP contribution is -2.76. The molecule has 0 aliphatic carbocycles. The number of ether oxygens (including phenoxy) is 2. The number of alkyl halides is 3. The molecule has 1 aliphatic rings. The van der Waals surface area contributed by atoms with Crippen LogP contribution in [0.3, 0.4) is 0 Å². The van der Waals surface area contributed by atoms with E-state index >= 15 is 0 Å². The zero-order chi connectivity index (χ0) is 39.3. The van der Waals surface area contributed by atoms with E-state index in [1.807, 2.05) is 19.2 Å². The number of amides is 2. The van der Waals surface area contributed by atoms with Gasteiger partial charge < -0.3 is 31.1 Å². The third-order valence-electron chi connectivity index (χ3n) is 7.50. The maximum absolute atomic E-state index is 13.2. The number of carbonyl (C=O) groups is 3. The number of anilines is 2. The van der Waals surface area contributed by atoms with Crippen molar-refractivity contribution in [2.24, 2.45) is 12.2 Å². The molecule has 1 atom stereocenters. The van der Waals surface area contributed by atoms with Crippen LogP contribution in [0.1, 0.15) is 32.0 Å². The standard InChI is InChI=1S/C29H38N8O6S2.C3H3F3O2/c1-6-18-15-19(20-8-10-23(32-12-11-30)36(4)16-20)7-9-22(18)41-13-14-42-35-24(21-17-44-28(31)33-21)26(38)34-25-27(39)37(29(25,2)3)43-45-40-5;1-8-2(7)3(4,5)6/h7-10,15-17,25H,6,11-14,30H2,1-5H3,(H3,31,33,34,38);1H3/p+2/b35-24-;. The van der Waals surface area contributed by atoms with Gasteiger partial charge in [0.15, 0.2) is 29.8 Å². The molecule has 16 nitrogen and oxygen atoms in total. The Morgan fingerprint density at radius 1 is 1.19 bits per heavy atom. The highest BCUT2D eigenvalue weighted by Crippen LogP contribution is 2.34. The Hall–Kier alpha value is -4.70. The SMILES string of the molecule is CCc1cc(-c2ccc(NCC[NH3+])[n+](C)c2)ccc1OCCO/N=C(\C(=O)NC1C(=O)N(OSOC)C1(C)C)c1csc(N)n1.COC(=O)C(F)(F)F. The number of quaternary nitrogens is 1. The van der Waals surface area contributed by atoms with Crippen molar-refractivity contribution in [3.8, 4) is 16.9 Å². The number of halogens is 3. The fourth-order valence-electron chi connectivity index (χ4n) is 4.76. The summed E-state index contributed by atoms with van der Waals surface area (Å²) in [6, 6.07) is 9.36. The number of hydrogen-bond donors (Lipinski definition) is 4. The zero-order valence-corrected chi connectivity index (χ0v) is 31.6. The molecule has 53 heavy (non-hydrogen) atoms. The Balaban J connectivity index is 0.000000846. The average molecular weight is 789 g/mol. The van der Waals surface area contributed by atoms with Crippen LogP contribution in [0, 0.1) is 0 Å². The van der Waals surface area contributed by atoms with Crippen molar-refractivity contribution in [2.45, 2.75) is 44.9 Å². The molecule has 1 aromatic carbocycles. The number of methoxy groups -OCH3 is 1. The molecule has 0 radical (unpaired) electrons. The first-order valence-electron chi connectivity index (χ1n) is 16.0. The number of benzene rings is 1. The number of hydrogen-bond acceptors (Lipinski definition) is 14. The van der Waals surface area contributed by atoms with Gasteiger partial charge in [0.1, 0.15) is 37.2 Å². The lowest BCUT2D eigenvalue weighted by atomic mass is 9.84. The first-order valence-corrected chi connectivity index (χ1v) is 17.5. The van der Waals surface area contributed by atoms with E-state index in [1.165, 1.54) is 7.11 Å². The smallest absolute Gasteiger partial charge is 0.490 e. The van der Waals surface area contributed by atoms with Gasteiger partial charge in [0, 0.05) is 17.0 Å². The predicted molar refractivity (Wildman–Crippen MR) is 190 cm³/mol. The number of hydroxylamine groups is 2. The van der Waals surface area contributed by atoms with Crippen LogP contribution >= 0.6 is 23.7 Å². The van der Waals surface area contributed by atoms with Crippen molar-refractivity contribution in [3.05, 3.63) is 53.2 Å². The van der Waals surface area contributed by atoms with Crippen LogP contribution in [0.25, 0.3) is 11.1 Å². The van der Waals surface area contributed by atoms with Gasteiger partial charge in [-0.1, -0.05) is 18.1 Å². The van der Waals surface area contributed by atoms with E-state index in [0.717, 1.165) is 64.2 Å². The molecular formula is C32H43F3N8O8S2+2. The number of oxime groups is 1. The van der Waals surface area contributed by atoms with E-state index in [0.29, 0.717) is 19.4 Å². The number of nitrogens with zero attached hydrogens (tertiary/aromatic N) is 4. The summed E-state index contributed by atoms with van der Waals surface area (Å²) < 4.78 is 54.4. The monoisotopic (exact) mass is 788 g/mol. The van der Waals surface area contributed by atoms with Gasteiger partial charge in [0.2, 0.25) is 0 Å². The highest BCUT2D eigenvalue weighted by molar-refractivity contribution is 7.89. The van der Waals surface area contributed by atoms with Gasteiger partial charge in [0.05, 0.1) is 33.0 Å². The lowest BCUT2D eigenvalue weighted by Gasteiger charge is -2.50. The Labute approximate surface area is 312 Å². The Morgan fingerprint density at radius 2 is 1.91 bits per heavy atom. The van der Waals surface area contributed by atoms with Crippen LogP contribution in [0.2, 0.25) is 0 Å². The number of esters is 1. The number of aryl methyl sites for hydroxylation is 2. The number of aromatic nitrogens is 2. The normalized spacial score (nSPS) is 15.1. The molecule has 0 bridgehead atoms. The van der Waals surface area contributed by atoms with Crippen molar-refractivity contribution in [2.75, 3.05) is 51.6 Å². The third-order valence-corrected chi connectivity index (χ3v) is 8.52. The number of pyridine rings is 1. The highest BCUT2D eigenvalue weighted by atomic mass is 32.2. The second-order valence-electron chi connectivity index (χ2n) is 11.6. The van der Waals surface area contributed by atoms with Gasteiger partial charge in [-0.25, -0.2) is 14.3 Å². The van der Waals surface area contributed by atoms with Gasteiger partial charge >= 0.3 is 12.1 Å². The molecule has 0 spiro atoms. The summed E-state index contributed by atoms with van der Waals surface area (Å²) in [4.78, 5) is 45.0. The fraction of sp³-hybridized carbons (Fsp3) is 0.438. The van der Waals surface area contributed by atoms with Crippen LogP contribution in [0.5, 0.6) is 5.75 Å². The van der Waals surface area contributed by atoms with Crippen LogP contribution in [-0.2, 0) is 45.9 Å². The second-order valence-corrected chi connectivity index (χ2v) is 13.1. The van der Waals surface area contributed by atoms with E-state index in [4.69, 9.17) is 23.8 Å². The van der Waals surface area contributed by atoms with E-state index in [-0.39, 0.29) is 29.8 Å². The van der Waals surface area contributed by atoms with E-state index in [1.54, 1.807) is 19.2 Å². The van der Waals surface area contributed by atoms with Crippen LogP contribution in [-0.4, -0.2) is 91.8 Å². The molecule has 3 heterocycles. The minimum absolute atomic E-state index is 0.0581. The Kier molecular flexibility index (Phi) is 15.6. The lowest BCUT2D eigenvalue weighted by molar-refractivity contribution is -0.656. The molecule has 1 aliphatic heterocycles. The van der Waals surface area contributed by atoms with E-state index in [2.05, 4.69) is 67.1 Å². The zero-order valence-electron chi connectivity index (χ0n) is 29.9. The van der Waals surface area contributed by atoms with Crippen LogP contribution in [0.4, 0.5) is 24.1 Å². The maximum Gasteiger partial charge on any atom is 0.490 e. The van der Waals surface area contributed by atoms with Crippen molar-refractivity contribution < 1.29 is 60.6 Å². The number of β-lactam (4-membered cyclic amide) rings is 1. The van der Waals surface area contributed by atoms with Crippen molar-refractivity contribution >= 4 is 58.1 Å². The minimum Gasteiger partial charge on any atom is -0.490 e. The van der Waals surface area contributed by atoms with Gasteiger partial charge in [-0.3, -0.25) is 19.1 Å². The molecule has 4 rings (SSSR count). The number of nitrogens with one attached hydrogen (secondary N) is 2. The predicted octanol–water partition coefficient (Wildman–Crippen LogP) is 2.20.